The Morgan fingerprint density at radius 1 is 1.24 bits per heavy atom. The van der Waals surface area contributed by atoms with Crippen molar-refractivity contribution in [3.05, 3.63) is 42.1 Å². The van der Waals surface area contributed by atoms with E-state index in [1.54, 1.807) is 0 Å². The van der Waals surface area contributed by atoms with Crippen molar-refractivity contribution in [3.8, 4) is 10.4 Å². The molecule has 0 amide bonds. The van der Waals surface area contributed by atoms with Crippen molar-refractivity contribution in [1.29, 1.82) is 0 Å². The number of benzene rings is 1. The van der Waals surface area contributed by atoms with Gasteiger partial charge in [-0.15, -0.1) is 11.3 Å². The average Bonchev–Trinajstić information content (AvgIpc) is 3.09. The van der Waals surface area contributed by atoms with E-state index in [-0.39, 0.29) is 5.56 Å². The molecule has 3 aromatic rings. The number of carboxylic acids is 1. The molecular formula is C18H17N3O3S. The lowest BCUT2D eigenvalue weighted by atomic mass is 10.1. The number of nitrogen functional groups attached to an aromatic ring is 1. The van der Waals surface area contributed by atoms with E-state index in [0.717, 1.165) is 36.7 Å². The molecule has 0 bridgehead atoms. The third-order valence-electron chi connectivity index (χ3n) is 4.34. The Morgan fingerprint density at radius 3 is 2.64 bits per heavy atom. The monoisotopic (exact) mass is 355 g/mol. The van der Waals surface area contributed by atoms with E-state index >= 15 is 0 Å². The minimum atomic E-state index is -0.992. The van der Waals surface area contributed by atoms with Gasteiger partial charge in [0.2, 0.25) is 0 Å². The maximum absolute atomic E-state index is 11.4. The molecule has 3 N–H and O–H groups in total. The summed E-state index contributed by atoms with van der Waals surface area (Å²) in [5.41, 5.74) is 8.31. The van der Waals surface area contributed by atoms with Crippen molar-refractivity contribution in [1.82, 2.24) is 4.98 Å². The van der Waals surface area contributed by atoms with E-state index < -0.39 is 5.97 Å². The number of morpholine rings is 1. The van der Waals surface area contributed by atoms with E-state index in [0.29, 0.717) is 15.9 Å². The zero-order chi connectivity index (χ0) is 17.4. The Balaban J connectivity index is 1.71. The summed E-state index contributed by atoms with van der Waals surface area (Å²) >= 11 is 1.43. The van der Waals surface area contributed by atoms with Gasteiger partial charge in [-0.25, -0.2) is 9.78 Å². The van der Waals surface area contributed by atoms with Crippen molar-refractivity contribution in [3.63, 3.8) is 0 Å². The first kappa shape index (κ1) is 15.9. The van der Waals surface area contributed by atoms with Gasteiger partial charge in [0, 0.05) is 35.2 Å². The van der Waals surface area contributed by atoms with Gasteiger partial charge in [0.1, 0.15) is 5.82 Å². The van der Waals surface area contributed by atoms with Gasteiger partial charge in [-0.1, -0.05) is 12.1 Å². The van der Waals surface area contributed by atoms with Crippen LogP contribution in [0.15, 0.2) is 36.5 Å². The summed E-state index contributed by atoms with van der Waals surface area (Å²) in [5, 5.41) is 10.0. The number of nitrogens with zero attached hydrogens (tertiary/aromatic N) is 2. The standard InChI is InChI=1S/C18H17N3O3S/c19-17-13-9-15(25-16(13)14(10-20-17)18(22)23)11-1-3-12(4-2-11)21-5-7-24-8-6-21/h1-4,9-10H,5-8H2,(H2,19,20)(H,22,23). The summed E-state index contributed by atoms with van der Waals surface area (Å²) in [6.45, 7) is 3.30. The van der Waals surface area contributed by atoms with Crippen LogP contribution in [0.2, 0.25) is 0 Å². The van der Waals surface area contributed by atoms with Crippen LogP contribution in [0, 0.1) is 0 Å². The number of hydrogen-bond donors (Lipinski definition) is 2. The van der Waals surface area contributed by atoms with Gasteiger partial charge in [-0.05, 0) is 23.8 Å². The fraction of sp³-hybridized carbons (Fsp3) is 0.222. The number of aromatic carboxylic acids is 1. The maximum atomic E-state index is 11.4. The lowest BCUT2D eigenvalue weighted by molar-refractivity contribution is 0.0699. The maximum Gasteiger partial charge on any atom is 0.338 e. The molecule has 1 saturated heterocycles. The number of carbonyl (C=O) groups is 1. The summed E-state index contributed by atoms with van der Waals surface area (Å²) in [7, 11) is 0. The van der Waals surface area contributed by atoms with Crippen molar-refractivity contribution >= 4 is 38.9 Å². The Kier molecular flexibility index (Phi) is 4.03. The van der Waals surface area contributed by atoms with Crippen LogP contribution >= 0.6 is 11.3 Å². The second-order valence-corrected chi connectivity index (χ2v) is 6.91. The minimum Gasteiger partial charge on any atom is -0.478 e. The van der Waals surface area contributed by atoms with Crippen LogP contribution in [-0.2, 0) is 4.74 Å². The summed E-state index contributed by atoms with van der Waals surface area (Å²) in [6.07, 6.45) is 1.32. The number of rotatable bonds is 3. The SMILES string of the molecule is Nc1ncc(C(=O)O)c2sc(-c3ccc(N4CCOCC4)cc3)cc12. The van der Waals surface area contributed by atoms with Crippen LogP contribution in [0.1, 0.15) is 10.4 Å². The normalized spacial score (nSPS) is 14.8. The fourth-order valence-electron chi connectivity index (χ4n) is 3.00. The summed E-state index contributed by atoms with van der Waals surface area (Å²) in [4.78, 5) is 18.7. The smallest absolute Gasteiger partial charge is 0.338 e. The minimum absolute atomic E-state index is 0.186. The molecule has 6 nitrogen and oxygen atoms in total. The number of hydrogen-bond acceptors (Lipinski definition) is 6. The molecular weight excluding hydrogens is 338 g/mol. The van der Waals surface area contributed by atoms with Gasteiger partial charge in [-0.2, -0.15) is 0 Å². The highest BCUT2D eigenvalue weighted by Crippen LogP contribution is 2.37. The van der Waals surface area contributed by atoms with Crippen LogP contribution in [0.25, 0.3) is 20.5 Å². The van der Waals surface area contributed by atoms with Crippen LogP contribution in [0.3, 0.4) is 0 Å². The number of aromatic nitrogens is 1. The quantitative estimate of drug-likeness (QED) is 0.750. The molecule has 0 aliphatic carbocycles. The van der Waals surface area contributed by atoms with Crippen molar-refractivity contribution < 1.29 is 14.6 Å². The third-order valence-corrected chi connectivity index (χ3v) is 5.56. The molecule has 128 valence electrons. The van der Waals surface area contributed by atoms with Gasteiger partial charge in [0.05, 0.1) is 23.5 Å². The topological polar surface area (TPSA) is 88.7 Å². The molecule has 0 saturated carbocycles. The summed E-state index contributed by atoms with van der Waals surface area (Å²) in [5.74, 6) is -0.638. The second kappa shape index (κ2) is 6.34. The Bertz CT molecular complexity index is 931. The van der Waals surface area contributed by atoms with Crippen molar-refractivity contribution in [2.45, 2.75) is 0 Å². The van der Waals surface area contributed by atoms with Gasteiger partial charge < -0.3 is 20.5 Å². The Labute approximate surface area is 148 Å². The van der Waals surface area contributed by atoms with E-state index in [2.05, 4.69) is 34.1 Å². The first-order valence-corrected chi connectivity index (χ1v) is 8.79. The van der Waals surface area contributed by atoms with Gasteiger partial charge >= 0.3 is 5.97 Å². The number of pyridine rings is 1. The Hall–Kier alpha value is -2.64. The van der Waals surface area contributed by atoms with Crippen molar-refractivity contribution in [2.24, 2.45) is 0 Å². The molecule has 1 aliphatic rings. The van der Waals surface area contributed by atoms with E-state index in [4.69, 9.17) is 10.5 Å². The molecule has 25 heavy (non-hydrogen) atoms. The molecule has 1 aromatic carbocycles. The van der Waals surface area contributed by atoms with Crippen LogP contribution in [0.5, 0.6) is 0 Å². The van der Waals surface area contributed by atoms with Crippen LogP contribution in [-0.4, -0.2) is 42.4 Å². The summed E-state index contributed by atoms with van der Waals surface area (Å²) < 4.78 is 6.04. The van der Waals surface area contributed by atoms with E-state index in [1.807, 2.05) is 6.07 Å². The molecule has 3 heterocycles. The average molecular weight is 355 g/mol. The molecule has 0 unspecified atom stereocenters. The predicted molar refractivity (Wildman–Crippen MR) is 99.5 cm³/mol. The molecule has 0 atom stereocenters. The van der Waals surface area contributed by atoms with Crippen LogP contribution in [0.4, 0.5) is 11.5 Å². The number of carboxylic acid groups (broad SMARTS) is 1. The molecule has 0 radical (unpaired) electrons. The number of nitrogens with two attached hydrogens (primary N) is 1. The molecule has 4 rings (SSSR count). The molecule has 7 heteroatoms. The number of anilines is 2. The lowest BCUT2D eigenvalue weighted by Crippen LogP contribution is -2.36. The number of ether oxygens (including phenoxy) is 1. The summed E-state index contributed by atoms with van der Waals surface area (Å²) in [6, 6.07) is 10.2. The molecule has 0 spiro atoms. The zero-order valence-corrected chi connectivity index (χ0v) is 14.3. The lowest BCUT2D eigenvalue weighted by Gasteiger charge is -2.28. The predicted octanol–water partition coefficient (Wildman–Crippen LogP) is 3.08. The van der Waals surface area contributed by atoms with E-state index in [9.17, 15) is 9.90 Å². The number of thiophene rings is 1. The Morgan fingerprint density at radius 2 is 1.96 bits per heavy atom. The van der Waals surface area contributed by atoms with Crippen LogP contribution < -0.4 is 10.6 Å². The van der Waals surface area contributed by atoms with Crippen molar-refractivity contribution in [2.75, 3.05) is 36.9 Å². The second-order valence-electron chi connectivity index (χ2n) is 5.86. The highest BCUT2D eigenvalue weighted by Gasteiger charge is 2.16. The van der Waals surface area contributed by atoms with Gasteiger partial charge in [-0.3, -0.25) is 0 Å². The molecule has 1 fully saturated rings. The highest BCUT2D eigenvalue weighted by atomic mass is 32.1. The first-order valence-electron chi connectivity index (χ1n) is 7.98. The largest absolute Gasteiger partial charge is 0.478 e. The van der Waals surface area contributed by atoms with E-state index in [1.165, 1.54) is 23.2 Å². The van der Waals surface area contributed by atoms with Gasteiger partial charge in [0.25, 0.3) is 0 Å². The molecule has 1 aliphatic heterocycles. The van der Waals surface area contributed by atoms with Gasteiger partial charge in [0.15, 0.2) is 0 Å². The number of fused-ring (bicyclic) bond motifs is 1. The molecule has 2 aromatic heterocycles. The third kappa shape index (κ3) is 2.92. The zero-order valence-electron chi connectivity index (χ0n) is 13.4. The highest BCUT2D eigenvalue weighted by molar-refractivity contribution is 7.22. The first-order chi connectivity index (χ1) is 12.1. The fourth-order valence-corrected chi connectivity index (χ4v) is 4.17.